The molecule has 1 aliphatic carbocycles. The third-order valence-corrected chi connectivity index (χ3v) is 5.93. The first-order valence-electron chi connectivity index (χ1n) is 8.37. The fourth-order valence-electron chi connectivity index (χ4n) is 2.65. The number of sulfonamides is 1. The van der Waals surface area contributed by atoms with Crippen LogP contribution in [0.5, 0.6) is 0 Å². The van der Waals surface area contributed by atoms with Crippen molar-refractivity contribution in [1.82, 2.24) is 5.32 Å². The molecule has 0 aromatic heterocycles. The van der Waals surface area contributed by atoms with Gasteiger partial charge in [0.25, 0.3) is 21.6 Å². The summed E-state index contributed by atoms with van der Waals surface area (Å²) in [4.78, 5) is 22.6. The van der Waals surface area contributed by atoms with Crippen LogP contribution in [0.4, 0.5) is 11.4 Å². The van der Waals surface area contributed by atoms with Crippen molar-refractivity contribution in [2.75, 3.05) is 4.72 Å². The lowest BCUT2D eigenvalue weighted by molar-refractivity contribution is -0.385. The molecule has 8 nitrogen and oxygen atoms in total. The Morgan fingerprint density at radius 3 is 2.48 bits per heavy atom. The summed E-state index contributed by atoms with van der Waals surface area (Å²) in [6.45, 7) is 3.19. The van der Waals surface area contributed by atoms with E-state index in [1.165, 1.54) is 18.2 Å². The molecule has 27 heavy (non-hydrogen) atoms. The van der Waals surface area contributed by atoms with Gasteiger partial charge >= 0.3 is 0 Å². The van der Waals surface area contributed by atoms with Gasteiger partial charge in [0, 0.05) is 18.2 Å². The summed E-state index contributed by atoms with van der Waals surface area (Å²) in [5.41, 5.74) is 0.919. The number of nitrogens with one attached hydrogen (secondary N) is 2. The number of nitro benzene ring substituents is 1. The topological polar surface area (TPSA) is 118 Å². The van der Waals surface area contributed by atoms with Gasteiger partial charge in [-0.05, 0) is 49.9 Å². The summed E-state index contributed by atoms with van der Waals surface area (Å²) in [7, 11) is -4.13. The molecule has 3 rings (SSSR count). The van der Waals surface area contributed by atoms with Gasteiger partial charge in [-0.1, -0.05) is 12.1 Å². The molecule has 0 bridgehead atoms. The maximum atomic E-state index is 12.9. The molecular weight excluding hydrogens is 370 g/mol. The molecule has 0 unspecified atom stereocenters. The van der Waals surface area contributed by atoms with E-state index in [2.05, 4.69) is 10.0 Å². The Kier molecular flexibility index (Phi) is 4.88. The van der Waals surface area contributed by atoms with E-state index in [0.717, 1.165) is 18.9 Å². The summed E-state index contributed by atoms with van der Waals surface area (Å²) in [6.07, 6.45) is 1.82. The predicted molar refractivity (Wildman–Crippen MR) is 100 cm³/mol. The van der Waals surface area contributed by atoms with Crippen molar-refractivity contribution < 1.29 is 18.1 Å². The second-order valence-electron chi connectivity index (χ2n) is 6.54. The minimum Gasteiger partial charge on any atom is -0.349 e. The number of para-hydroxylation sites is 1. The number of amides is 1. The lowest BCUT2D eigenvalue weighted by Crippen LogP contribution is -2.27. The normalized spacial score (nSPS) is 13.9. The quantitative estimate of drug-likeness (QED) is 0.582. The van der Waals surface area contributed by atoms with Crippen LogP contribution in [0, 0.1) is 24.0 Å². The third-order valence-electron chi connectivity index (χ3n) is 4.43. The van der Waals surface area contributed by atoms with Crippen LogP contribution in [-0.2, 0) is 10.0 Å². The highest BCUT2D eigenvalue weighted by atomic mass is 32.2. The molecule has 1 fully saturated rings. The summed E-state index contributed by atoms with van der Waals surface area (Å²) in [5, 5.41) is 13.9. The monoisotopic (exact) mass is 389 g/mol. The number of aryl methyl sites for hydroxylation is 1. The van der Waals surface area contributed by atoms with E-state index in [0.29, 0.717) is 11.1 Å². The maximum Gasteiger partial charge on any atom is 0.271 e. The van der Waals surface area contributed by atoms with E-state index in [9.17, 15) is 23.3 Å². The van der Waals surface area contributed by atoms with Gasteiger partial charge in [-0.2, -0.15) is 0 Å². The maximum absolute atomic E-state index is 12.9. The highest BCUT2D eigenvalue weighted by molar-refractivity contribution is 7.92. The van der Waals surface area contributed by atoms with Gasteiger partial charge in [0.15, 0.2) is 0 Å². The molecule has 2 aromatic rings. The fourth-order valence-corrected chi connectivity index (χ4v) is 4.07. The summed E-state index contributed by atoms with van der Waals surface area (Å²) in [6, 6.07) is 8.74. The Bertz CT molecular complexity index is 1030. The van der Waals surface area contributed by atoms with Crippen LogP contribution >= 0.6 is 0 Å². The van der Waals surface area contributed by atoms with E-state index in [-0.39, 0.29) is 33.8 Å². The van der Waals surface area contributed by atoms with Crippen LogP contribution in [0.3, 0.4) is 0 Å². The molecule has 9 heteroatoms. The molecular formula is C18H19N3O5S. The molecule has 142 valence electrons. The minimum absolute atomic E-state index is 0.124. The van der Waals surface area contributed by atoms with Crippen LogP contribution in [-0.4, -0.2) is 25.3 Å². The SMILES string of the molecule is Cc1cc([N+](=O)[O-])cc(S(=O)(=O)Nc2ccccc2C(=O)NC2CC2)c1C. The highest BCUT2D eigenvalue weighted by Gasteiger charge is 2.27. The van der Waals surface area contributed by atoms with Gasteiger partial charge in [-0.25, -0.2) is 8.42 Å². The number of hydrogen-bond acceptors (Lipinski definition) is 5. The molecule has 0 atom stereocenters. The Morgan fingerprint density at radius 1 is 1.19 bits per heavy atom. The van der Waals surface area contributed by atoms with Gasteiger partial charge in [0.05, 0.1) is 21.1 Å². The van der Waals surface area contributed by atoms with Crippen LogP contribution in [0.2, 0.25) is 0 Å². The van der Waals surface area contributed by atoms with Crippen molar-refractivity contribution in [3.8, 4) is 0 Å². The largest absolute Gasteiger partial charge is 0.349 e. The van der Waals surface area contributed by atoms with Crippen LogP contribution in [0.1, 0.15) is 34.3 Å². The van der Waals surface area contributed by atoms with Gasteiger partial charge < -0.3 is 5.32 Å². The number of carbonyl (C=O) groups is 1. The first-order chi connectivity index (χ1) is 12.7. The first-order valence-corrected chi connectivity index (χ1v) is 9.85. The van der Waals surface area contributed by atoms with E-state index in [1.54, 1.807) is 26.0 Å². The average Bonchev–Trinajstić information content (AvgIpc) is 3.40. The lowest BCUT2D eigenvalue weighted by atomic mass is 10.1. The van der Waals surface area contributed by atoms with Crippen LogP contribution in [0.25, 0.3) is 0 Å². The predicted octanol–water partition coefficient (Wildman–Crippen LogP) is 2.90. The highest BCUT2D eigenvalue weighted by Crippen LogP contribution is 2.28. The van der Waals surface area contributed by atoms with Crippen molar-refractivity contribution >= 4 is 27.3 Å². The van der Waals surface area contributed by atoms with Crippen molar-refractivity contribution in [1.29, 1.82) is 0 Å². The molecule has 2 N–H and O–H groups in total. The van der Waals surface area contributed by atoms with Crippen molar-refractivity contribution in [3.05, 3.63) is 63.2 Å². The molecule has 1 aliphatic rings. The molecule has 0 saturated heterocycles. The molecule has 0 aliphatic heterocycles. The fraction of sp³-hybridized carbons (Fsp3) is 0.278. The number of nitro groups is 1. The Balaban J connectivity index is 1.98. The van der Waals surface area contributed by atoms with E-state index < -0.39 is 14.9 Å². The second kappa shape index (κ2) is 6.99. The molecule has 0 heterocycles. The number of anilines is 1. The molecule has 2 aromatic carbocycles. The summed E-state index contributed by atoms with van der Waals surface area (Å²) >= 11 is 0. The molecule has 0 radical (unpaired) electrons. The minimum atomic E-state index is -4.13. The van der Waals surface area contributed by atoms with Gasteiger partial charge in [0.1, 0.15) is 0 Å². The summed E-state index contributed by atoms with van der Waals surface area (Å²) in [5.74, 6) is -0.359. The van der Waals surface area contributed by atoms with E-state index in [1.807, 2.05) is 0 Å². The standard InChI is InChI=1S/C18H19N3O5S/c1-11-9-14(21(23)24)10-17(12(11)2)27(25,26)20-16-6-4-3-5-15(16)18(22)19-13-7-8-13/h3-6,9-10,13,20H,7-8H2,1-2H3,(H,19,22). The van der Waals surface area contributed by atoms with Gasteiger partial charge in [-0.15, -0.1) is 0 Å². The van der Waals surface area contributed by atoms with Crippen LogP contribution in [0.15, 0.2) is 41.3 Å². The lowest BCUT2D eigenvalue weighted by Gasteiger charge is -2.14. The number of carbonyl (C=O) groups excluding carboxylic acids is 1. The van der Waals surface area contributed by atoms with E-state index >= 15 is 0 Å². The smallest absolute Gasteiger partial charge is 0.271 e. The second-order valence-corrected chi connectivity index (χ2v) is 8.19. The zero-order valence-electron chi connectivity index (χ0n) is 14.9. The van der Waals surface area contributed by atoms with Crippen molar-refractivity contribution in [3.63, 3.8) is 0 Å². The zero-order valence-corrected chi connectivity index (χ0v) is 15.7. The summed E-state index contributed by atoms with van der Waals surface area (Å²) < 4.78 is 28.2. The van der Waals surface area contributed by atoms with Gasteiger partial charge in [-0.3, -0.25) is 19.6 Å². The number of nitrogens with zero attached hydrogens (tertiary/aromatic N) is 1. The van der Waals surface area contributed by atoms with Crippen LogP contribution < -0.4 is 10.0 Å². The number of rotatable bonds is 6. The number of hydrogen-bond donors (Lipinski definition) is 2. The molecule has 0 spiro atoms. The Hall–Kier alpha value is -2.94. The first kappa shape index (κ1) is 18.8. The zero-order chi connectivity index (χ0) is 19.8. The number of non-ortho nitro benzene ring substituents is 1. The Labute approximate surface area is 156 Å². The van der Waals surface area contributed by atoms with Crippen molar-refractivity contribution in [2.45, 2.75) is 37.6 Å². The van der Waals surface area contributed by atoms with Crippen molar-refractivity contribution in [2.24, 2.45) is 0 Å². The third kappa shape index (κ3) is 4.08. The number of benzene rings is 2. The molecule has 1 amide bonds. The van der Waals surface area contributed by atoms with E-state index in [4.69, 9.17) is 0 Å². The van der Waals surface area contributed by atoms with Gasteiger partial charge in [0.2, 0.25) is 0 Å². The Morgan fingerprint density at radius 2 is 1.85 bits per heavy atom. The average molecular weight is 389 g/mol. The molecule has 1 saturated carbocycles.